The minimum atomic E-state index is -4.45. The summed E-state index contributed by atoms with van der Waals surface area (Å²) in [6.45, 7) is 4.22. The van der Waals surface area contributed by atoms with Crippen molar-refractivity contribution in [3.8, 4) is 11.1 Å². The van der Waals surface area contributed by atoms with Crippen LogP contribution in [-0.4, -0.2) is 37.8 Å². The Hall–Kier alpha value is -3.73. The van der Waals surface area contributed by atoms with Gasteiger partial charge in [-0.05, 0) is 79.6 Å². The van der Waals surface area contributed by atoms with Crippen molar-refractivity contribution in [3.05, 3.63) is 90.8 Å². The zero-order valence-electron chi connectivity index (χ0n) is 23.7. The molecule has 6 rings (SSSR count). The molecular weight excluding hydrogens is 582 g/mol. The molecule has 0 spiro atoms. The summed E-state index contributed by atoms with van der Waals surface area (Å²) in [6.07, 6.45) is 1.71. The zero-order chi connectivity index (χ0) is 31.0. The van der Waals surface area contributed by atoms with E-state index in [0.717, 1.165) is 29.6 Å². The van der Waals surface area contributed by atoms with E-state index in [0.29, 0.717) is 42.9 Å². The van der Waals surface area contributed by atoms with Crippen molar-refractivity contribution in [3.63, 3.8) is 0 Å². The fourth-order valence-corrected chi connectivity index (χ4v) is 6.70. The first-order valence-corrected chi connectivity index (χ1v) is 15.9. The molecule has 1 N–H and O–H groups in total. The number of halogens is 4. The minimum absolute atomic E-state index is 0.0958. The Morgan fingerprint density at radius 3 is 2.33 bits per heavy atom. The third kappa shape index (κ3) is 6.76. The smallest absolute Gasteiger partial charge is 0.312 e. The van der Waals surface area contributed by atoms with Crippen molar-refractivity contribution in [1.82, 2.24) is 4.98 Å². The second kappa shape index (κ2) is 11.4. The Bertz CT molecular complexity index is 1590. The SMILES string of the molecule is C=CC(CCCCN(C(=O)C12CC(F)(C1)C2)c1cccc(-c2ccc(NS(C)(=O)=O)cc2)c1)c1ccc(C(F)(F)F)cn1. The fraction of sp³-hybridized carbons (Fsp3) is 0.375. The standard InChI is InChI=1S/C32H33F4N3O3S/c1-3-22(28-15-12-25(18-37-28)32(34,35)36)7-4-5-16-39(29(40)30-19-31(33,20-30)21-30)27-9-6-8-24(17-27)23-10-13-26(14-11-23)38-43(2,41)42/h3,6,8-15,17-18,22,38H,1,4-5,7,16,19-21H2,2H3. The highest BCUT2D eigenvalue weighted by Crippen LogP contribution is 2.70. The lowest BCUT2D eigenvalue weighted by atomic mass is 9.42. The number of carbonyl (C=O) groups excluding carboxylic acids is 1. The van der Waals surface area contributed by atoms with Crippen LogP contribution >= 0.6 is 0 Å². The predicted molar refractivity (Wildman–Crippen MR) is 159 cm³/mol. The van der Waals surface area contributed by atoms with E-state index in [1.54, 1.807) is 35.2 Å². The van der Waals surface area contributed by atoms with Gasteiger partial charge in [-0.15, -0.1) is 6.58 Å². The Balaban J connectivity index is 1.29. The van der Waals surface area contributed by atoms with Crippen LogP contribution < -0.4 is 9.62 Å². The largest absolute Gasteiger partial charge is 0.417 e. The lowest BCUT2D eigenvalue weighted by molar-refractivity contribution is -0.211. The predicted octanol–water partition coefficient (Wildman–Crippen LogP) is 7.50. The van der Waals surface area contributed by atoms with Crippen LogP contribution in [0.3, 0.4) is 0 Å². The summed E-state index contributed by atoms with van der Waals surface area (Å²) >= 11 is 0. The van der Waals surface area contributed by atoms with Gasteiger partial charge in [0.15, 0.2) is 0 Å². The molecule has 3 saturated carbocycles. The summed E-state index contributed by atoms with van der Waals surface area (Å²) in [4.78, 5) is 19.5. The Kier molecular flexibility index (Phi) is 8.15. The zero-order valence-corrected chi connectivity index (χ0v) is 24.5. The van der Waals surface area contributed by atoms with Crippen LogP contribution in [0, 0.1) is 5.41 Å². The molecule has 1 unspecified atom stereocenters. The van der Waals surface area contributed by atoms with E-state index in [-0.39, 0.29) is 31.1 Å². The van der Waals surface area contributed by atoms with Gasteiger partial charge in [0.25, 0.3) is 0 Å². The number of allylic oxidation sites excluding steroid dienone is 1. The van der Waals surface area contributed by atoms with Gasteiger partial charge in [-0.25, -0.2) is 12.8 Å². The van der Waals surface area contributed by atoms with Crippen molar-refractivity contribution < 1.29 is 30.8 Å². The van der Waals surface area contributed by atoms with Crippen LogP contribution in [0.25, 0.3) is 11.1 Å². The normalized spacial score (nSPS) is 21.7. The molecule has 1 atom stereocenters. The van der Waals surface area contributed by atoms with Crippen molar-refractivity contribution in [2.75, 3.05) is 22.4 Å². The van der Waals surface area contributed by atoms with Crippen molar-refractivity contribution in [2.45, 2.75) is 56.3 Å². The molecule has 2 aromatic carbocycles. The quantitative estimate of drug-likeness (QED) is 0.130. The van der Waals surface area contributed by atoms with Crippen LogP contribution in [0.4, 0.5) is 28.9 Å². The van der Waals surface area contributed by atoms with E-state index in [2.05, 4.69) is 16.3 Å². The third-order valence-corrected chi connectivity index (χ3v) is 8.88. The number of anilines is 2. The maximum Gasteiger partial charge on any atom is 0.417 e. The maximum absolute atomic E-state index is 14.4. The van der Waals surface area contributed by atoms with Crippen molar-refractivity contribution >= 4 is 27.3 Å². The maximum atomic E-state index is 14.4. The van der Waals surface area contributed by atoms with Gasteiger partial charge in [0.05, 0.1) is 17.2 Å². The molecule has 1 aromatic heterocycles. The average molecular weight is 616 g/mol. The monoisotopic (exact) mass is 615 g/mol. The Labute approximate surface area is 248 Å². The van der Waals surface area contributed by atoms with Crippen LogP contribution in [0.2, 0.25) is 0 Å². The number of hydrogen-bond acceptors (Lipinski definition) is 4. The number of amides is 1. The number of carbonyl (C=O) groups is 1. The minimum Gasteiger partial charge on any atom is -0.312 e. The second-order valence-corrected chi connectivity index (χ2v) is 13.5. The molecule has 3 aromatic rings. The lowest BCUT2D eigenvalue weighted by Crippen LogP contribution is -2.70. The number of alkyl halides is 4. The fourth-order valence-electron chi connectivity index (χ4n) is 6.14. The number of unbranched alkanes of at least 4 members (excludes halogenated alkanes) is 1. The van der Waals surface area contributed by atoms with Crippen LogP contribution in [-0.2, 0) is 21.0 Å². The van der Waals surface area contributed by atoms with Gasteiger partial charge in [-0.1, -0.05) is 36.8 Å². The van der Waals surface area contributed by atoms with Gasteiger partial charge < -0.3 is 4.90 Å². The van der Waals surface area contributed by atoms with Gasteiger partial charge in [0, 0.05) is 35.7 Å². The number of nitrogens with one attached hydrogen (secondary N) is 1. The number of benzene rings is 2. The summed E-state index contributed by atoms with van der Waals surface area (Å²) in [7, 11) is -3.41. The van der Waals surface area contributed by atoms with Crippen LogP contribution in [0.1, 0.15) is 55.7 Å². The van der Waals surface area contributed by atoms with Gasteiger partial charge >= 0.3 is 6.18 Å². The lowest BCUT2D eigenvalue weighted by Gasteiger charge is -2.65. The highest BCUT2D eigenvalue weighted by molar-refractivity contribution is 7.92. The first-order valence-electron chi connectivity index (χ1n) is 14.1. The highest BCUT2D eigenvalue weighted by Gasteiger charge is 2.73. The number of aromatic nitrogens is 1. The molecule has 3 aliphatic carbocycles. The van der Waals surface area contributed by atoms with Crippen molar-refractivity contribution in [1.29, 1.82) is 0 Å². The van der Waals surface area contributed by atoms with Crippen LogP contribution in [0.5, 0.6) is 0 Å². The molecule has 1 heterocycles. The molecule has 3 fully saturated rings. The number of hydrogen-bond donors (Lipinski definition) is 1. The van der Waals surface area contributed by atoms with Gasteiger partial charge in [-0.2, -0.15) is 13.2 Å². The Morgan fingerprint density at radius 2 is 1.77 bits per heavy atom. The average Bonchev–Trinajstić information content (AvgIpc) is 2.92. The van der Waals surface area contributed by atoms with Crippen molar-refractivity contribution in [2.24, 2.45) is 5.41 Å². The molecule has 43 heavy (non-hydrogen) atoms. The summed E-state index contributed by atoms with van der Waals surface area (Å²) in [5, 5.41) is 0. The molecule has 2 bridgehead atoms. The first kappa shape index (κ1) is 30.7. The molecule has 3 aliphatic rings. The molecule has 0 saturated heterocycles. The van der Waals surface area contributed by atoms with Crippen LogP contribution in [0.15, 0.2) is 79.5 Å². The summed E-state index contributed by atoms with van der Waals surface area (Å²) in [5.41, 5.74) is 0.591. The molecule has 228 valence electrons. The van der Waals surface area contributed by atoms with E-state index in [9.17, 15) is 30.8 Å². The van der Waals surface area contributed by atoms with Gasteiger partial charge in [-0.3, -0.25) is 14.5 Å². The number of rotatable bonds is 12. The third-order valence-electron chi connectivity index (χ3n) is 8.27. The van der Waals surface area contributed by atoms with E-state index < -0.39 is 32.8 Å². The molecular formula is C32H33F4N3O3S. The first-order chi connectivity index (χ1) is 20.2. The van der Waals surface area contributed by atoms with Gasteiger partial charge in [0.2, 0.25) is 15.9 Å². The van der Waals surface area contributed by atoms with E-state index in [4.69, 9.17) is 0 Å². The summed E-state index contributed by atoms with van der Waals surface area (Å²) in [5.74, 6) is -0.333. The molecule has 0 aliphatic heterocycles. The van der Waals surface area contributed by atoms with Gasteiger partial charge in [0.1, 0.15) is 5.67 Å². The van der Waals surface area contributed by atoms with E-state index >= 15 is 0 Å². The summed E-state index contributed by atoms with van der Waals surface area (Å²) < 4.78 is 78.6. The highest BCUT2D eigenvalue weighted by atomic mass is 32.2. The second-order valence-electron chi connectivity index (χ2n) is 11.7. The summed E-state index contributed by atoms with van der Waals surface area (Å²) in [6, 6.07) is 16.8. The molecule has 0 radical (unpaired) electrons. The number of pyridine rings is 1. The molecule has 6 nitrogen and oxygen atoms in total. The topological polar surface area (TPSA) is 79.4 Å². The molecule has 11 heteroatoms. The number of sulfonamides is 1. The van der Waals surface area contributed by atoms with E-state index in [1.807, 2.05) is 24.3 Å². The molecule has 1 amide bonds. The number of nitrogens with zero attached hydrogens (tertiary/aromatic N) is 2. The van der Waals surface area contributed by atoms with E-state index in [1.165, 1.54) is 6.07 Å². The Morgan fingerprint density at radius 1 is 1.07 bits per heavy atom.